The molecule has 0 saturated heterocycles. The Morgan fingerprint density at radius 2 is 0.778 bits per heavy atom. The van der Waals surface area contributed by atoms with Crippen molar-refractivity contribution >= 4 is 8.60 Å². The van der Waals surface area contributed by atoms with Crippen molar-refractivity contribution in [2.24, 2.45) is 11.5 Å². The lowest BCUT2D eigenvalue weighted by atomic mass is 9.78. The average molecular weight is 517 g/mol. The Labute approximate surface area is 221 Å². The zero-order valence-electron chi connectivity index (χ0n) is 24.6. The van der Waals surface area contributed by atoms with Gasteiger partial charge in [0.2, 0.25) is 0 Å². The molecule has 0 unspecified atom stereocenters. The smallest absolute Gasteiger partial charge is 0.417 e. The third-order valence-electron chi connectivity index (χ3n) is 6.34. The minimum Gasteiger partial charge on any atom is -0.417 e. The summed E-state index contributed by atoms with van der Waals surface area (Å²) in [5.74, 6) is 1.35. The number of nitrogens with two attached hydrogens (primary N) is 2. The quantitative estimate of drug-likeness (QED) is 0.346. The second-order valence-corrected chi connectivity index (χ2v) is 14.7. The minimum absolute atomic E-state index is 0.216. The molecule has 0 aromatic heterocycles. The first-order valence-electron chi connectivity index (χ1n) is 12.8. The summed E-state index contributed by atoms with van der Waals surface area (Å²) in [4.78, 5) is 11.3. The molecule has 0 spiro atoms. The SMILES string of the molecule is CC(C)(C)c1cc(CN)cc(C(C)(C)C)c1OP(O)Oc1c(C(C)(C)C)cc(CN)cc1C(C)(C)C. The maximum Gasteiger partial charge on any atom is 0.460 e. The van der Waals surface area contributed by atoms with Gasteiger partial charge in [0.1, 0.15) is 11.5 Å². The van der Waals surface area contributed by atoms with E-state index in [0.29, 0.717) is 24.6 Å². The molecule has 5 N–H and O–H groups in total. The van der Waals surface area contributed by atoms with Crippen LogP contribution in [0.4, 0.5) is 0 Å². The molecule has 6 heteroatoms. The van der Waals surface area contributed by atoms with Gasteiger partial charge in [0, 0.05) is 35.3 Å². The molecule has 0 fully saturated rings. The highest BCUT2D eigenvalue weighted by Crippen LogP contribution is 2.50. The summed E-state index contributed by atoms with van der Waals surface area (Å²) >= 11 is 0. The van der Waals surface area contributed by atoms with E-state index in [1.54, 1.807) is 0 Å². The van der Waals surface area contributed by atoms with E-state index in [9.17, 15) is 4.89 Å². The van der Waals surface area contributed by atoms with Gasteiger partial charge in [0.15, 0.2) is 0 Å². The number of hydrogen-bond acceptors (Lipinski definition) is 5. The fourth-order valence-electron chi connectivity index (χ4n) is 4.21. The van der Waals surface area contributed by atoms with Crippen LogP contribution >= 0.6 is 8.60 Å². The average Bonchev–Trinajstić information content (AvgIpc) is 2.70. The third-order valence-corrected chi connectivity index (χ3v) is 7.02. The maximum atomic E-state index is 11.3. The molecule has 0 saturated carbocycles. The van der Waals surface area contributed by atoms with E-state index in [-0.39, 0.29) is 21.7 Å². The summed E-state index contributed by atoms with van der Waals surface area (Å²) < 4.78 is 12.7. The molecule has 36 heavy (non-hydrogen) atoms. The zero-order chi connectivity index (χ0) is 27.9. The summed E-state index contributed by atoms with van der Waals surface area (Å²) in [5.41, 5.74) is 17.3. The standard InChI is InChI=1S/C30H49N2O3P/c1-27(2,3)21-13-19(17-31)14-22(28(4,5)6)25(21)34-36(33)35-26-23(29(7,8)9)15-20(18-32)16-24(26)30(10,11)12/h13-16,33H,17-18,31-32H2,1-12H3. The highest BCUT2D eigenvalue weighted by atomic mass is 31.2. The lowest BCUT2D eigenvalue weighted by Gasteiger charge is -2.33. The summed E-state index contributed by atoms with van der Waals surface area (Å²) in [6.07, 6.45) is 0. The van der Waals surface area contributed by atoms with Crippen LogP contribution in [-0.2, 0) is 34.7 Å². The van der Waals surface area contributed by atoms with E-state index in [1.165, 1.54) is 0 Å². The third kappa shape index (κ3) is 7.22. The highest BCUT2D eigenvalue weighted by Gasteiger charge is 2.33. The summed E-state index contributed by atoms with van der Waals surface area (Å²) in [6.45, 7) is 26.6. The van der Waals surface area contributed by atoms with Gasteiger partial charge in [-0.05, 0) is 32.8 Å². The Morgan fingerprint density at radius 3 is 0.944 bits per heavy atom. The molecule has 2 rings (SSSR count). The Morgan fingerprint density at radius 1 is 0.556 bits per heavy atom. The second-order valence-electron chi connectivity index (χ2n) is 13.9. The van der Waals surface area contributed by atoms with Crippen LogP contribution < -0.4 is 20.5 Å². The van der Waals surface area contributed by atoms with E-state index >= 15 is 0 Å². The van der Waals surface area contributed by atoms with Gasteiger partial charge < -0.3 is 25.4 Å². The van der Waals surface area contributed by atoms with Gasteiger partial charge in [-0.25, -0.2) is 0 Å². The Balaban J connectivity index is 2.69. The monoisotopic (exact) mass is 516 g/mol. The molecular weight excluding hydrogens is 467 g/mol. The van der Waals surface area contributed by atoms with Gasteiger partial charge in [-0.1, -0.05) is 107 Å². The summed E-state index contributed by atoms with van der Waals surface area (Å²) in [6, 6.07) is 8.35. The largest absolute Gasteiger partial charge is 0.460 e. The molecule has 202 valence electrons. The number of benzene rings is 2. The summed E-state index contributed by atoms with van der Waals surface area (Å²) in [5, 5.41) is 0. The molecule has 5 nitrogen and oxygen atoms in total. The number of hydrogen-bond donors (Lipinski definition) is 3. The second kappa shape index (κ2) is 10.6. The first-order valence-corrected chi connectivity index (χ1v) is 13.9. The normalized spacial score (nSPS) is 13.3. The van der Waals surface area contributed by atoms with Crippen LogP contribution in [0.2, 0.25) is 0 Å². The molecular formula is C30H49N2O3P. The van der Waals surface area contributed by atoms with Gasteiger partial charge in [-0.3, -0.25) is 0 Å². The molecule has 0 aliphatic heterocycles. The van der Waals surface area contributed by atoms with Crippen molar-refractivity contribution in [3.63, 3.8) is 0 Å². The molecule has 0 aliphatic carbocycles. The molecule has 0 radical (unpaired) electrons. The molecule has 2 aromatic carbocycles. The van der Waals surface area contributed by atoms with Crippen molar-refractivity contribution in [2.75, 3.05) is 0 Å². The van der Waals surface area contributed by atoms with Crippen LogP contribution in [0, 0.1) is 0 Å². The van der Waals surface area contributed by atoms with Gasteiger partial charge in [-0.2, -0.15) is 0 Å². The van der Waals surface area contributed by atoms with E-state index in [2.05, 4.69) is 107 Å². The van der Waals surface area contributed by atoms with Crippen LogP contribution in [-0.4, -0.2) is 4.89 Å². The Kier molecular flexibility index (Phi) is 9.01. The molecule has 0 atom stereocenters. The minimum atomic E-state index is -2.28. The van der Waals surface area contributed by atoms with Crippen molar-refractivity contribution in [1.82, 2.24) is 0 Å². The van der Waals surface area contributed by atoms with Crippen LogP contribution in [0.25, 0.3) is 0 Å². The van der Waals surface area contributed by atoms with Gasteiger partial charge in [-0.15, -0.1) is 0 Å². The summed E-state index contributed by atoms with van der Waals surface area (Å²) in [7, 11) is -2.28. The number of rotatable bonds is 6. The van der Waals surface area contributed by atoms with Gasteiger partial charge >= 0.3 is 8.60 Å². The molecule has 0 heterocycles. The lowest BCUT2D eigenvalue weighted by Crippen LogP contribution is -2.22. The van der Waals surface area contributed by atoms with Crippen molar-refractivity contribution in [2.45, 2.75) is 118 Å². The zero-order valence-corrected chi connectivity index (χ0v) is 25.5. The Bertz CT molecular complexity index is 912. The molecule has 0 aliphatic rings. The highest BCUT2D eigenvalue weighted by molar-refractivity contribution is 7.41. The van der Waals surface area contributed by atoms with Crippen molar-refractivity contribution in [3.05, 3.63) is 57.6 Å². The van der Waals surface area contributed by atoms with Gasteiger partial charge in [0.05, 0.1) is 0 Å². The van der Waals surface area contributed by atoms with Crippen LogP contribution in [0.5, 0.6) is 11.5 Å². The lowest BCUT2D eigenvalue weighted by molar-refractivity contribution is 0.360. The molecule has 2 aromatic rings. The molecule has 0 bridgehead atoms. The first kappa shape index (κ1) is 30.6. The fourth-order valence-corrected chi connectivity index (χ4v) is 4.96. The first-order chi connectivity index (χ1) is 16.2. The van der Waals surface area contributed by atoms with E-state index in [0.717, 1.165) is 33.4 Å². The van der Waals surface area contributed by atoms with Gasteiger partial charge in [0.25, 0.3) is 0 Å². The van der Waals surface area contributed by atoms with E-state index in [1.807, 2.05) is 0 Å². The fraction of sp³-hybridized carbons (Fsp3) is 0.600. The van der Waals surface area contributed by atoms with Crippen LogP contribution in [0.3, 0.4) is 0 Å². The topological polar surface area (TPSA) is 90.7 Å². The predicted octanol–water partition coefficient (Wildman–Crippen LogP) is 7.47. The van der Waals surface area contributed by atoms with Crippen LogP contribution in [0.1, 0.15) is 116 Å². The van der Waals surface area contributed by atoms with Crippen molar-refractivity contribution in [1.29, 1.82) is 0 Å². The molecule has 0 amide bonds. The maximum absolute atomic E-state index is 11.3. The van der Waals surface area contributed by atoms with E-state index in [4.69, 9.17) is 20.5 Å². The Hall–Kier alpha value is -1.65. The van der Waals surface area contributed by atoms with Crippen molar-refractivity contribution in [3.8, 4) is 11.5 Å². The van der Waals surface area contributed by atoms with E-state index < -0.39 is 8.60 Å². The van der Waals surface area contributed by atoms with Crippen LogP contribution in [0.15, 0.2) is 24.3 Å². The predicted molar refractivity (Wildman–Crippen MR) is 154 cm³/mol. The van der Waals surface area contributed by atoms with Crippen molar-refractivity contribution < 1.29 is 13.9 Å².